The van der Waals surface area contributed by atoms with Crippen LogP contribution in [0.2, 0.25) is 0 Å². The van der Waals surface area contributed by atoms with Crippen molar-refractivity contribution >= 4 is 33.1 Å². The second kappa shape index (κ2) is 5.53. The van der Waals surface area contributed by atoms with Crippen LogP contribution in [0.4, 0.5) is 11.4 Å². The molecule has 1 heterocycles. The summed E-state index contributed by atoms with van der Waals surface area (Å²) in [5.74, 6) is 0.672. The minimum absolute atomic E-state index is 0.0991. The van der Waals surface area contributed by atoms with Gasteiger partial charge in [-0.15, -0.1) is 0 Å². The van der Waals surface area contributed by atoms with Crippen LogP contribution in [0.3, 0.4) is 0 Å². The van der Waals surface area contributed by atoms with Crippen molar-refractivity contribution in [2.24, 2.45) is 11.7 Å². The van der Waals surface area contributed by atoms with Gasteiger partial charge in [0.25, 0.3) is 0 Å². The van der Waals surface area contributed by atoms with Crippen LogP contribution in [0.1, 0.15) is 18.1 Å². The molecule has 1 aliphatic heterocycles. The SMILES string of the molecule is CC1Cc2ccccc2N(c2ccc(Br)cc2C(=N)N)C1. The number of nitrogens with two attached hydrogens (primary N) is 1. The monoisotopic (exact) mass is 343 g/mol. The highest BCUT2D eigenvalue weighted by atomic mass is 79.9. The van der Waals surface area contributed by atoms with E-state index in [1.54, 1.807) is 0 Å². The summed E-state index contributed by atoms with van der Waals surface area (Å²) < 4.78 is 0.940. The molecule has 2 aromatic carbocycles. The molecule has 0 bridgehead atoms. The van der Waals surface area contributed by atoms with Crippen molar-refractivity contribution in [2.75, 3.05) is 11.4 Å². The molecule has 1 aliphatic rings. The average Bonchev–Trinajstić information content (AvgIpc) is 2.46. The number of rotatable bonds is 2. The number of benzene rings is 2. The predicted octanol–water partition coefficient (Wildman–Crippen LogP) is 4.06. The van der Waals surface area contributed by atoms with Gasteiger partial charge in [-0.2, -0.15) is 0 Å². The molecule has 0 aliphatic carbocycles. The van der Waals surface area contributed by atoms with E-state index >= 15 is 0 Å². The number of hydrogen-bond donors (Lipinski definition) is 2. The van der Waals surface area contributed by atoms with E-state index in [0.29, 0.717) is 5.92 Å². The fourth-order valence-corrected chi connectivity index (χ4v) is 3.35. The summed E-state index contributed by atoms with van der Waals surface area (Å²) in [7, 11) is 0. The largest absolute Gasteiger partial charge is 0.384 e. The summed E-state index contributed by atoms with van der Waals surface area (Å²) in [4.78, 5) is 2.28. The number of nitrogens with zero attached hydrogens (tertiary/aromatic N) is 1. The van der Waals surface area contributed by atoms with E-state index in [1.807, 2.05) is 18.2 Å². The van der Waals surface area contributed by atoms with Crippen molar-refractivity contribution < 1.29 is 0 Å². The number of hydrogen-bond acceptors (Lipinski definition) is 2. The Morgan fingerprint density at radius 1 is 1.24 bits per heavy atom. The maximum absolute atomic E-state index is 7.86. The first kappa shape index (κ1) is 14.1. The molecule has 3 N–H and O–H groups in total. The quantitative estimate of drug-likeness (QED) is 0.638. The van der Waals surface area contributed by atoms with Gasteiger partial charge < -0.3 is 10.6 Å². The van der Waals surface area contributed by atoms with Crippen LogP contribution in [0.15, 0.2) is 46.9 Å². The molecule has 2 aromatic rings. The number of para-hydroxylation sites is 1. The highest BCUT2D eigenvalue weighted by Crippen LogP contribution is 2.37. The molecule has 21 heavy (non-hydrogen) atoms. The Balaban J connectivity index is 2.15. The number of nitrogen functional groups attached to an aromatic ring is 1. The van der Waals surface area contributed by atoms with E-state index < -0.39 is 0 Å². The predicted molar refractivity (Wildman–Crippen MR) is 91.5 cm³/mol. The maximum atomic E-state index is 7.86. The second-order valence-electron chi connectivity index (χ2n) is 5.62. The highest BCUT2D eigenvalue weighted by Gasteiger charge is 2.24. The van der Waals surface area contributed by atoms with Crippen molar-refractivity contribution in [1.29, 1.82) is 5.41 Å². The smallest absolute Gasteiger partial charge is 0.124 e. The molecule has 108 valence electrons. The minimum atomic E-state index is 0.0991. The van der Waals surface area contributed by atoms with Gasteiger partial charge in [0.15, 0.2) is 0 Å². The molecule has 3 rings (SSSR count). The number of nitrogens with one attached hydrogen (secondary N) is 1. The van der Waals surface area contributed by atoms with Crippen LogP contribution in [-0.2, 0) is 6.42 Å². The maximum Gasteiger partial charge on any atom is 0.124 e. The van der Waals surface area contributed by atoms with E-state index in [9.17, 15) is 0 Å². The van der Waals surface area contributed by atoms with Gasteiger partial charge in [0.1, 0.15) is 5.84 Å². The zero-order valence-corrected chi connectivity index (χ0v) is 13.5. The third-order valence-electron chi connectivity index (χ3n) is 3.88. The number of amidine groups is 1. The number of fused-ring (bicyclic) bond motifs is 1. The lowest BCUT2D eigenvalue weighted by molar-refractivity contribution is 0.562. The molecule has 1 atom stereocenters. The second-order valence-corrected chi connectivity index (χ2v) is 6.54. The molecule has 0 fully saturated rings. The fourth-order valence-electron chi connectivity index (χ4n) is 2.98. The number of halogens is 1. The van der Waals surface area contributed by atoms with E-state index in [2.05, 4.69) is 52.0 Å². The fraction of sp³-hybridized carbons (Fsp3) is 0.235. The van der Waals surface area contributed by atoms with Crippen LogP contribution >= 0.6 is 15.9 Å². The molecular formula is C17H18BrN3. The van der Waals surface area contributed by atoms with Gasteiger partial charge in [-0.3, -0.25) is 5.41 Å². The first-order valence-electron chi connectivity index (χ1n) is 7.05. The van der Waals surface area contributed by atoms with E-state index in [-0.39, 0.29) is 5.84 Å². The molecule has 0 amide bonds. The Morgan fingerprint density at radius 2 is 2.00 bits per heavy atom. The highest BCUT2D eigenvalue weighted by molar-refractivity contribution is 9.10. The Morgan fingerprint density at radius 3 is 2.76 bits per heavy atom. The minimum Gasteiger partial charge on any atom is -0.384 e. The van der Waals surface area contributed by atoms with Crippen molar-refractivity contribution in [3.63, 3.8) is 0 Å². The lowest BCUT2D eigenvalue weighted by Crippen LogP contribution is -2.32. The molecule has 0 aromatic heterocycles. The van der Waals surface area contributed by atoms with Crippen LogP contribution < -0.4 is 10.6 Å². The normalized spacial score (nSPS) is 17.4. The van der Waals surface area contributed by atoms with E-state index in [1.165, 1.54) is 11.3 Å². The molecule has 0 radical (unpaired) electrons. The van der Waals surface area contributed by atoms with Crippen molar-refractivity contribution in [3.05, 3.63) is 58.1 Å². The van der Waals surface area contributed by atoms with Crippen LogP contribution in [0.25, 0.3) is 0 Å². The first-order chi connectivity index (χ1) is 10.1. The van der Waals surface area contributed by atoms with E-state index in [0.717, 1.165) is 28.7 Å². The molecule has 1 unspecified atom stereocenters. The molecule has 3 nitrogen and oxygen atoms in total. The zero-order valence-electron chi connectivity index (χ0n) is 11.9. The summed E-state index contributed by atoms with van der Waals surface area (Å²) in [5.41, 5.74) is 10.1. The molecular weight excluding hydrogens is 326 g/mol. The van der Waals surface area contributed by atoms with Crippen LogP contribution in [0, 0.1) is 11.3 Å². The van der Waals surface area contributed by atoms with Crippen LogP contribution in [0.5, 0.6) is 0 Å². The van der Waals surface area contributed by atoms with Crippen molar-refractivity contribution in [3.8, 4) is 0 Å². The van der Waals surface area contributed by atoms with Gasteiger partial charge in [-0.05, 0) is 42.2 Å². The zero-order chi connectivity index (χ0) is 15.0. The van der Waals surface area contributed by atoms with Gasteiger partial charge in [0, 0.05) is 22.3 Å². The number of anilines is 2. The lowest BCUT2D eigenvalue weighted by atomic mass is 9.93. The lowest BCUT2D eigenvalue weighted by Gasteiger charge is -2.36. The van der Waals surface area contributed by atoms with Gasteiger partial charge in [0.2, 0.25) is 0 Å². The Hall–Kier alpha value is -1.81. The Kier molecular flexibility index (Phi) is 3.72. The van der Waals surface area contributed by atoms with Crippen molar-refractivity contribution in [2.45, 2.75) is 13.3 Å². The summed E-state index contributed by atoms with van der Waals surface area (Å²) in [5, 5.41) is 7.86. The van der Waals surface area contributed by atoms with Gasteiger partial charge in [-0.25, -0.2) is 0 Å². The van der Waals surface area contributed by atoms with Crippen LogP contribution in [-0.4, -0.2) is 12.4 Å². The van der Waals surface area contributed by atoms with E-state index in [4.69, 9.17) is 11.1 Å². The summed E-state index contributed by atoms with van der Waals surface area (Å²) in [6.07, 6.45) is 1.10. The summed E-state index contributed by atoms with van der Waals surface area (Å²) in [6.45, 7) is 3.20. The topological polar surface area (TPSA) is 53.1 Å². The first-order valence-corrected chi connectivity index (χ1v) is 7.85. The summed E-state index contributed by atoms with van der Waals surface area (Å²) in [6, 6.07) is 14.4. The molecule has 4 heteroatoms. The Bertz CT molecular complexity index is 696. The van der Waals surface area contributed by atoms with Gasteiger partial charge in [-0.1, -0.05) is 41.1 Å². The molecule has 0 saturated carbocycles. The third kappa shape index (κ3) is 2.68. The molecule has 0 saturated heterocycles. The third-order valence-corrected chi connectivity index (χ3v) is 4.38. The average molecular weight is 344 g/mol. The van der Waals surface area contributed by atoms with Gasteiger partial charge in [0.05, 0.1) is 5.69 Å². The van der Waals surface area contributed by atoms with Crippen molar-refractivity contribution in [1.82, 2.24) is 0 Å². The Labute approximate surface area is 133 Å². The molecule has 0 spiro atoms. The van der Waals surface area contributed by atoms with Gasteiger partial charge >= 0.3 is 0 Å². The standard InChI is InChI=1S/C17H18BrN3/c1-11-8-12-4-2-3-5-15(12)21(10-11)16-7-6-13(18)9-14(16)17(19)20/h2-7,9,11H,8,10H2,1H3,(H3,19,20). The summed E-state index contributed by atoms with van der Waals surface area (Å²) >= 11 is 3.46.